The van der Waals surface area contributed by atoms with E-state index in [-0.39, 0.29) is 0 Å². The second-order valence-corrected chi connectivity index (χ2v) is 7.67. The van der Waals surface area contributed by atoms with Gasteiger partial charge in [-0.05, 0) is 48.1 Å². The Hall–Kier alpha value is -3.05. The molecule has 0 unspecified atom stereocenters. The number of hydrogen-bond donors (Lipinski definition) is 1. The van der Waals surface area contributed by atoms with Crippen LogP contribution in [0.25, 0.3) is 10.1 Å². The highest BCUT2D eigenvalue weighted by molar-refractivity contribution is 7.21. The molecule has 1 amide bonds. The first-order chi connectivity index (χ1) is 13.5. The highest BCUT2D eigenvalue weighted by atomic mass is 32.1. The van der Waals surface area contributed by atoms with Gasteiger partial charge in [0.25, 0.3) is 5.91 Å². The first-order valence-electron chi connectivity index (χ1n) is 8.84. The third-order valence-corrected chi connectivity index (χ3v) is 5.82. The number of fused-ring (bicyclic) bond motifs is 1. The lowest BCUT2D eigenvalue weighted by Gasteiger charge is -2.09. The van der Waals surface area contributed by atoms with Gasteiger partial charge in [0.05, 0.1) is 4.88 Å². The Bertz CT molecular complexity index is 1140. The van der Waals surface area contributed by atoms with E-state index in [4.69, 9.17) is 0 Å². The van der Waals surface area contributed by atoms with E-state index in [0.717, 1.165) is 38.9 Å². The van der Waals surface area contributed by atoms with E-state index in [2.05, 4.69) is 5.32 Å². The normalized spacial score (nSPS) is 11.0. The molecule has 2 nitrogen and oxygen atoms in total. The average Bonchev–Trinajstić information content (AvgIpc) is 3.05. The smallest absolute Gasteiger partial charge is 0.266 e. The standard InChI is InChI=1S/C23H17F2NOS/c1-14-9-11-15(12-10-14)13-17-16-5-2-3-8-20(16)28-22(17)23(27)26-21-18(24)6-4-7-19(21)25/h2-12H,13H2,1H3,(H,26,27). The Morgan fingerprint density at radius 1 is 0.929 bits per heavy atom. The Morgan fingerprint density at radius 3 is 2.32 bits per heavy atom. The number of carbonyl (C=O) groups excluding carboxylic acids is 1. The van der Waals surface area contributed by atoms with Crippen molar-refractivity contribution < 1.29 is 13.6 Å². The monoisotopic (exact) mass is 393 g/mol. The number of aryl methyl sites for hydroxylation is 1. The quantitative estimate of drug-likeness (QED) is 0.431. The lowest BCUT2D eigenvalue weighted by atomic mass is 10.0. The van der Waals surface area contributed by atoms with Crippen LogP contribution in [-0.4, -0.2) is 5.91 Å². The molecule has 0 fully saturated rings. The minimum absolute atomic E-state index is 0.425. The van der Waals surface area contributed by atoms with Crippen LogP contribution in [0.3, 0.4) is 0 Å². The summed E-state index contributed by atoms with van der Waals surface area (Å²) in [5, 5.41) is 3.39. The maximum atomic E-state index is 14.0. The SMILES string of the molecule is Cc1ccc(Cc2c(C(=O)Nc3c(F)cccc3F)sc3ccccc23)cc1. The third kappa shape index (κ3) is 3.53. The maximum absolute atomic E-state index is 14.0. The van der Waals surface area contributed by atoms with E-state index in [0.29, 0.717) is 11.3 Å². The molecule has 1 heterocycles. The van der Waals surface area contributed by atoms with E-state index >= 15 is 0 Å². The second kappa shape index (κ2) is 7.52. The van der Waals surface area contributed by atoms with E-state index < -0.39 is 23.2 Å². The summed E-state index contributed by atoms with van der Waals surface area (Å²) in [6, 6.07) is 19.4. The number of carbonyl (C=O) groups is 1. The zero-order valence-electron chi connectivity index (χ0n) is 15.1. The molecule has 0 aliphatic carbocycles. The molecule has 0 radical (unpaired) electrons. The highest BCUT2D eigenvalue weighted by Crippen LogP contribution is 2.34. The summed E-state index contributed by atoms with van der Waals surface area (Å²) in [6.45, 7) is 2.02. The summed E-state index contributed by atoms with van der Waals surface area (Å²) >= 11 is 1.33. The second-order valence-electron chi connectivity index (χ2n) is 6.62. The fourth-order valence-electron chi connectivity index (χ4n) is 3.16. The summed E-state index contributed by atoms with van der Waals surface area (Å²) in [4.78, 5) is 13.4. The number of thiophene rings is 1. The Morgan fingerprint density at radius 2 is 1.61 bits per heavy atom. The Kier molecular flexibility index (Phi) is 4.92. The lowest BCUT2D eigenvalue weighted by molar-refractivity contribution is 0.102. The van der Waals surface area contributed by atoms with Gasteiger partial charge in [0.15, 0.2) is 0 Å². The number of para-hydroxylation sites is 1. The van der Waals surface area contributed by atoms with E-state index in [1.54, 1.807) is 0 Å². The van der Waals surface area contributed by atoms with Crippen molar-refractivity contribution in [1.29, 1.82) is 0 Å². The van der Waals surface area contributed by atoms with E-state index in [9.17, 15) is 13.6 Å². The number of nitrogens with one attached hydrogen (secondary N) is 1. The fourth-order valence-corrected chi connectivity index (χ4v) is 4.27. The van der Waals surface area contributed by atoms with Crippen molar-refractivity contribution in [3.05, 3.63) is 99.9 Å². The van der Waals surface area contributed by atoms with Crippen molar-refractivity contribution in [3.63, 3.8) is 0 Å². The van der Waals surface area contributed by atoms with Crippen molar-refractivity contribution in [1.82, 2.24) is 0 Å². The van der Waals surface area contributed by atoms with Gasteiger partial charge in [0, 0.05) is 4.70 Å². The fraction of sp³-hybridized carbons (Fsp3) is 0.0870. The van der Waals surface area contributed by atoms with Crippen LogP contribution in [0.2, 0.25) is 0 Å². The summed E-state index contributed by atoms with van der Waals surface area (Å²) in [5.74, 6) is -2.10. The average molecular weight is 393 g/mol. The molecule has 1 N–H and O–H groups in total. The molecule has 0 atom stereocenters. The van der Waals surface area contributed by atoms with Crippen LogP contribution >= 0.6 is 11.3 Å². The van der Waals surface area contributed by atoms with Gasteiger partial charge in [-0.25, -0.2) is 8.78 Å². The minimum atomic E-state index is -0.797. The molecular formula is C23H17F2NOS. The first kappa shape index (κ1) is 18.3. The predicted octanol–water partition coefficient (Wildman–Crippen LogP) is 6.33. The van der Waals surface area contributed by atoms with Gasteiger partial charge in [-0.2, -0.15) is 0 Å². The van der Waals surface area contributed by atoms with Crippen LogP contribution < -0.4 is 5.32 Å². The van der Waals surface area contributed by atoms with Crippen LogP contribution in [0.1, 0.15) is 26.4 Å². The van der Waals surface area contributed by atoms with Crippen molar-refractivity contribution in [2.75, 3.05) is 5.32 Å². The number of anilines is 1. The van der Waals surface area contributed by atoms with Crippen LogP contribution in [0, 0.1) is 18.6 Å². The predicted molar refractivity (Wildman–Crippen MR) is 110 cm³/mol. The third-order valence-electron chi connectivity index (χ3n) is 4.61. The molecule has 28 heavy (non-hydrogen) atoms. The van der Waals surface area contributed by atoms with Crippen molar-refractivity contribution in [3.8, 4) is 0 Å². The molecule has 3 aromatic carbocycles. The summed E-state index contributed by atoms with van der Waals surface area (Å²) < 4.78 is 28.9. The molecule has 0 bridgehead atoms. The van der Waals surface area contributed by atoms with Crippen LogP contribution in [0.15, 0.2) is 66.7 Å². The van der Waals surface area contributed by atoms with Crippen molar-refractivity contribution in [2.45, 2.75) is 13.3 Å². The van der Waals surface area contributed by atoms with Gasteiger partial charge in [0.2, 0.25) is 0 Å². The van der Waals surface area contributed by atoms with Gasteiger partial charge in [-0.3, -0.25) is 4.79 Å². The number of benzene rings is 3. The molecule has 4 rings (SSSR count). The first-order valence-corrected chi connectivity index (χ1v) is 9.66. The summed E-state index contributed by atoms with van der Waals surface area (Å²) in [6.07, 6.45) is 0.562. The van der Waals surface area contributed by atoms with Gasteiger partial charge in [-0.15, -0.1) is 11.3 Å². The van der Waals surface area contributed by atoms with Crippen LogP contribution in [0.4, 0.5) is 14.5 Å². The topological polar surface area (TPSA) is 29.1 Å². The molecule has 0 aliphatic heterocycles. The van der Waals surface area contributed by atoms with Crippen molar-refractivity contribution in [2.24, 2.45) is 0 Å². The van der Waals surface area contributed by atoms with Crippen LogP contribution in [-0.2, 0) is 6.42 Å². The molecule has 0 aliphatic rings. The van der Waals surface area contributed by atoms with E-state index in [1.807, 2.05) is 55.5 Å². The number of halogens is 2. The molecular weight excluding hydrogens is 376 g/mol. The minimum Gasteiger partial charge on any atom is -0.316 e. The van der Waals surface area contributed by atoms with Crippen LogP contribution in [0.5, 0.6) is 0 Å². The lowest BCUT2D eigenvalue weighted by Crippen LogP contribution is -2.14. The molecule has 140 valence electrons. The summed E-state index contributed by atoms with van der Waals surface area (Å²) in [5.41, 5.74) is 2.66. The molecule has 5 heteroatoms. The van der Waals surface area contributed by atoms with Gasteiger partial charge in [-0.1, -0.05) is 54.1 Å². The largest absolute Gasteiger partial charge is 0.316 e. The molecule has 1 aromatic heterocycles. The number of rotatable bonds is 4. The zero-order chi connectivity index (χ0) is 19.7. The molecule has 0 spiro atoms. The molecule has 0 saturated carbocycles. The number of hydrogen-bond acceptors (Lipinski definition) is 2. The van der Waals surface area contributed by atoms with Gasteiger partial charge >= 0.3 is 0 Å². The van der Waals surface area contributed by atoms with Crippen molar-refractivity contribution >= 4 is 33.0 Å². The molecule has 0 saturated heterocycles. The number of amides is 1. The highest BCUT2D eigenvalue weighted by Gasteiger charge is 2.21. The molecule has 4 aromatic rings. The summed E-state index contributed by atoms with van der Waals surface area (Å²) in [7, 11) is 0. The van der Waals surface area contributed by atoms with Gasteiger partial charge in [0.1, 0.15) is 17.3 Å². The van der Waals surface area contributed by atoms with E-state index in [1.165, 1.54) is 17.4 Å². The Balaban J connectivity index is 1.75. The van der Waals surface area contributed by atoms with Gasteiger partial charge < -0.3 is 5.32 Å². The maximum Gasteiger partial charge on any atom is 0.266 e. The zero-order valence-corrected chi connectivity index (χ0v) is 15.9. The Labute approximate surface area is 165 Å².